The van der Waals surface area contributed by atoms with Crippen molar-refractivity contribution in [3.63, 3.8) is 0 Å². The van der Waals surface area contributed by atoms with Crippen molar-refractivity contribution in [1.82, 2.24) is 5.32 Å². The summed E-state index contributed by atoms with van der Waals surface area (Å²) < 4.78 is 40.1. The van der Waals surface area contributed by atoms with Gasteiger partial charge in [-0.2, -0.15) is 13.2 Å². The summed E-state index contributed by atoms with van der Waals surface area (Å²) in [5.41, 5.74) is 0. The number of hydrogen-bond acceptors (Lipinski definition) is 3. The number of carbonyl (C=O) groups is 2. The SMILES string of the molecule is O=C(CC(F)(F)F)NCc1ccc(C(=O)O)o1. The minimum atomic E-state index is -4.57. The van der Waals surface area contributed by atoms with Crippen molar-refractivity contribution in [3.05, 3.63) is 23.7 Å². The number of carbonyl (C=O) groups excluding carboxylic acids is 1. The first kappa shape index (κ1) is 13.1. The van der Waals surface area contributed by atoms with Crippen molar-refractivity contribution in [2.75, 3.05) is 0 Å². The Bertz CT molecular complexity index is 424. The van der Waals surface area contributed by atoms with Gasteiger partial charge in [-0.25, -0.2) is 4.79 Å². The van der Waals surface area contributed by atoms with E-state index in [0.29, 0.717) is 0 Å². The summed E-state index contributed by atoms with van der Waals surface area (Å²) in [4.78, 5) is 21.2. The lowest BCUT2D eigenvalue weighted by Crippen LogP contribution is -2.27. The van der Waals surface area contributed by atoms with E-state index >= 15 is 0 Å². The summed E-state index contributed by atoms with van der Waals surface area (Å²) in [5.74, 6) is -2.77. The third-order valence-corrected chi connectivity index (χ3v) is 1.69. The summed E-state index contributed by atoms with van der Waals surface area (Å²) in [5, 5.41) is 10.5. The number of furan rings is 1. The highest BCUT2D eigenvalue weighted by Crippen LogP contribution is 2.19. The van der Waals surface area contributed by atoms with E-state index in [-0.39, 0.29) is 18.1 Å². The summed E-state index contributed by atoms with van der Waals surface area (Å²) in [6.45, 7) is -0.289. The van der Waals surface area contributed by atoms with Crippen LogP contribution in [0, 0.1) is 0 Å². The van der Waals surface area contributed by atoms with E-state index in [4.69, 9.17) is 9.52 Å². The van der Waals surface area contributed by atoms with Crippen molar-refractivity contribution < 1.29 is 32.3 Å². The number of amides is 1. The topological polar surface area (TPSA) is 79.5 Å². The third kappa shape index (κ3) is 4.58. The number of nitrogens with one attached hydrogen (secondary N) is 1. The lowest BCUT2D eigenvalue weighted by Gasteiger charge is -2.06. The van der Waals surface area contributed by atoms with Crippen LogP contribution >= 0.6 is 0 Å². The van der Waals surface area contributed by atoms with Crippen LogP contribution in [-0.4, -0.2) is 23.2 Å². The number of rotatable bonds is 4. The van der Waals surface area contributed by atoms with Gasteiger partial charge in [-0.05, 0) is 12.1 Å². The fourth-order valence-electron chi connectivity index (χ4n) is 1.02. The molecule has 94 valence electrons. The largest absolute Gasteiger partial charge is 0.475 e. The molecule has 0 radical (unpaired) electrons. The van der Waals surface area contributed by atoms with Gasteiger partial charge in [0.25, 0.3) is 0 Å². The van der Waals surface area contributed by atoms with Gasteiger partial charge >= 0.3 is 12.1 Å². The van der Waals surface area contributed by atoms with E-state index in [1.807, 2.05) is 5.32 Å². The maximum atomic E-state index is 11.8. The first-order chi connectivity index (χ1) is 7.78. The first-order valence-electron chi connectivity index (χ1n) is 4.43. The van der Waals surface area contributed by atoms with Crippen LogP contribution in [0.25, 0.3) is 0 Å². The summed E-state index contributed by atoms with van der Waals surface area (Å²) >= 11 is 0. The van der Waals surface area contributed by atoms with Crippen LogP contribution in [0.15, 0.2) is 16.5 Å². The third-order valence-electron chi connectivity index (χ3n) is 1.69. The molecule has 0 saturated carbocycles. The second kappa shape index (κ2) is 4.89. The molecule has 0 aliphatic carbocycles. The van der Waals surface area contributed by atoms with Gasteiger partial charge in [0.15, 0.2) is 0 Å². The van der Waals surface area contributed by atoms with Crippen molar-refractivity contribution in [1.29, 1.82) is 0 Å². The molecule has 17 heavy (non-hydrogen) atoms. The molecule has 8 heteroatoms. The Hall–Kier alpha value is -1.99. The number of hydrogen-bond donors (Lipinski definition) is 2. The first-order valence-corrected chi connectivity index (χ1v) is 4.43. The Balaban J connectivity index is 2.45. The Morgan fingerprint density at radius 1 is 1.35 bits per heavy atom. The highest BCUT2D eigenvalue weighted by atomic mass is 19.4. The molecular formula is C9H8F3NO4. The van der Waals surface area contributed by atoms with Gasteiger partial charge in [0.05, 0.1) is 6.54 Å². The lowest BCUT2D eigenvalue weighted by atomic mass is 10.3. The molecule has 2 N–H and O–H groups in total. The predicted molar refractivity (Wildman–Crippen MR) is 48.2 cm³/mol. The van der Waals surface area contributed by atoms with Crippen LogP contribution in [0.4, 0.5) is 13.2 Å². The molecule has 1 rings (SSSR count). The Labute approximate surface area is 93.2 Å². The quantitative estimate of drug-likeness (QED) is 0.850. The van der Waals surface area contributed by atoms with Crippen molar-refractivity contribution in [2.24, 2.45) is 0 Å². The number of carboxylic acids is 1. The summed E-state index contributed by atoms with van der Waals surface area (Å²) in [7, 11) is 0. The lowest BCUT2D eigenvalue weighted by molar-refractivity contribution is -0.153. The zero-order valence-electron chi connectivity index (χ0n) is 8.37. The second-order valence-electron chi connectivity index (χ2n) is 3.14. The number of alkyl halides is 3. The van der Waals surface area contributed by atoms with Gasteiger partial charge in [-0.15, -0.1) is 0 Å². The molecule has 0 fully saturated rings. The normalized spacial score (nSPS) is 11.2. The molecule has 0 aliphatic rings. The molecule has 0 saturated heterocycles. The van der Waals surface area contributed by atoms with Crippen LogP contribution in [0.3, 0.4) is 0 Å². The molecule has 1 aromatic rings. The van der Waals surface area contributed by atoms with E-state index in [1.165, 1.54) is 6.07 Å². The second-order valence-corrected chi connectivity index (χ2v) is 3.14. The molecule has 5 nitrogen and oxygen atoms in total. The zero-order valence-corrected chi connectivity index (χ0v) is 8.37. The zero-order chi connectivity index (χ0) is 13.1. The maximum absolute atomic E-state index is 11.8. The molecule has 1 aromatic heterocycles. The van der Waals surface area contributed by atoms with Crippen molar-refractivity contribution >= 4 is 11.9 Å². The van der Waals surface area contributed by atoms with Gasteiger partial charge in [-0.3, -0.25) is 4.79 Å². The predicted octanol–water partition coefficient (Wildman–Crippen LogP) is 1.55. The number of aromatic carboxylic acids is 1. The highest BCUT2D eigenvalue weighted by Gasteiger charge is 2.31. The molecule has 0 aromatic carbocycles. The van der Waals surface area contributed by atoms with Crippen molar-refractivity contribution in [3.8, 4) is 0 Å². The molecule has 0 atom stereocenters. The fourth-order valence-corrected chi connectivity index (χ4v) is 1.02. The minimum absolute atomic E-state index is 0.0675. The molecule has 0 bridgehead atoms. The van der Waals surface area contributed by atoms with Gasteiger partial charge < -0.3 is 14.8 Å². The average molecular weight is 251 g/mol. The molecule has 0 aliphatic heterocycles. The van der Waals surface area contributed by atoms with Crippen LogP contribution in [0.2, 0.25) is 0 Å². The van der Waals surface area contributed by atoms with E-state index in [1.54, 1.807) is 0 Å². The fraction of sp³-hybridized carbons (Fsp3) is 0.333. The molecule has 1 heterocycles. The van der Waals surface area contributed by atoms with Gasteiger partial charge in [0, 0.05) is 0 Å². The van der Waals surface area contributed by atoms with Crippen molar-refractivity contribution in [2.45, 2.75) is 19.1 Å². The molecule has 0 spiro atoms. The standard InChI is InChI=1S/C9H8F3NO4/c10-9(11,12)3-7(14)13-4-5-1-2-6(17-5)8(15)16/h1-2H,3-4H2,(H,13,14)(H,15,16). The van der Waals surface area contributed by atoms with Crippen LogP contribution in [0.1, 0.15) is 22.7 Å². The van der Waals surface area contributed by atoms with Gasteiger partial charge in [0.1, 0.15) is 12.2 Å². The Kier molecular flexibility index (Phi) is 3.77. The number of halogens is 3. The summed E-state index contributed by atoms with van der Waals surface area (Å²) in [6, 6.07) is 2.41. The van der Waals surface area contributed by atoms with Crippen LogP contribution in [-0.2, 0) is 11.3 Å². The van der Waals surface area contributed by atoms with E-state index in [0.717, 1.165) is 6.07 Å². The average Bonchev–Trinajstić information content (AvgIpc) is 2.60. The van der Waals surface area contributed by atoms with E-state index < -0.39 is 24.5 Å². The van der Waals surface area contributed by atoms with Crippen LogP contribution < -0.4 is 5.32 Å². The van der Waals surface area contributed by atoms with E-state index in [2.05, 4.69) is 0 Å². The van der Waals surface area contributed by atoms with Crippen LogP contribution in [0.5, 0.6) is 0 Å². The minimum Gasteiger partial charge on any atom is -0.475 e. The maximum Gasteiger partial charge on any atom is 0.397 e. The Morgan fingerprint density at radius 3 is 2.47 bits per heavy atom. The van der Waals surface area contributed by atoms with Gasteiger partial charge in [0.2, 0.25) is 11.7 Å². The van der Waals surface area contributed by atoms with E-state index in [9.17, 15) is 22.8 Å². The molecular weight excluding hydrogens is 243 g/mol. The molecule has 1 amide bonds. The summed E-state index contributed by atoms with van der Waals surface area (Å²) in [6.07, 6.45) is -6.15. The highest BCUT2D eigenvalue weighted by molar-refractivity contribution is 5.84. The monoisotopic (exact) mass is 251 g/mol. The number of carboxylic acid groups (broad SMARTS) is 1. The van der Waals surface area contributed by atoms with Gasteiger partial charge in [-0.1, -0.05) is 0 Å². The Morgan fingerprint density at radius 2 is 2.00 bits per heavy atom. The molecule has 0 unspecified atom stereocenters. The smallest absolute Gasteiger partial charge is 0.397 e.